The van der Waals surface area contributed by atoms with Crippen molar-refractivity contribution < 1.29 is 4.84 Å². The van der Waals surface area contributed by atoms with Crippen molar-refractivity contribution in [1.29, 1.82) is 0 Å². The van der Waals surface area contributed by atoms with Crippen LogP contribution in [0.3, 0.4) is 0 Å². The molecule has 0 aliphatic heterocycles. The van der Waals surface area contributed by atoms with Gasteiger partial charge in [-0.3, -0.25) is 4.68 Å². The van der Waals surface area contributed by atoms with E-state index in [2.05, 4.69) is 31.3 Å². The monoisotopic (exact) mass is 197 g/mol. The zero-order valence-corrected chi connectivity index (χ0v) is 9.16. The van der Waals surface area contributed by atoms with Gasteiger partial charge in [0.2, 0.25) is 0 Å². The van der Waals surface area contributed by atoms with Crippen LogP contribution in [0.15, 0.2) is 12.4 Å². The number of hydroxylamine groups is 1. The lowest BCUT2D eigenvalue weighted by Crippen LogP contribution is -2.17. The van der Waals surface area contributed by atoms with Gasteiger partial charge in [0.15, 0.2) is 0 Å². The number of aryl methyl sites for hydroxylation is 1. The number of rotatable bonds is 6. The molecule has 1 aromatic rings. The molecule has 4 heteroatoms. The number of hydrogen-bond acceptors (Lipinski definition) is 3. The molecule has 1 heterocycles. The summed E-state index contributed by atoms with van der Waals surface area (Å²) in [5.74, 6) is 0.556. The van der Waals surface area contributed by atoms with Crippen LogP contribution < -0.4 is 5.48 Å². The van der Waals surface area contributed by atoms with E-state index in [0.29, 0.717) is 12.5 Å². The molecule has 0 aliphatic rings. The zero-order chi connectivity index (χ0) is 10.4. The highest BCUT2D eigenvalue weighted by Crippen LogP contribution is 1.97. The summed E-state index contributed by atoms with van der Waals surface area (Å²) < 4.78 is 1.90. The molecule has 0 saturated carbocycles. The van der Waals surface area contributed by atoms with Crippen molar-refractivity contribution in [3.05, 3.63) is 18.0 Å². The van der Waals surface area contributed by atoms with Crippen LogP contribution in [0.4, 0.5) is 0 Å². The maximum Gasteiger partial charge on any atom is 0.0705 e. The summed E-state index contributed by atoms with van der Waals surface area (Å²) in [7, 11) is 0. The fraction of sp³-hybridized carbons (Fsp3) is 0.700. The Balaban J connectivity index is 2.18. The molecule has 0 amide bonds. The van der Waals surface area contributed by atoms with E-state index < -0.39 is 0 Å². The Labute approximate surface area is 85.2 Å². The van der Waals surface area contributed by atoms with E-state index in [0.717, 1.165) is 18.7 Å². The first-order valence-electron chi connectivity index (χ1n) is 5.08. The molecule has 1 rings (SSSR count). The molecule has 0 atom stereocenters. The largest absolute Gasteiger partial charge is 0.301 e. The third-order valence-electron chi connectivity index (χ3n) is 1.81. The second kappa shape index (κ2) is 5.78. The van der Waals surface area contributed by atoms with Crippen molar-refractivity contribution >= 4 is 0 Å². The highest BCUT2D eigenvalue weighted by molar-refractivity contribution is 5.02. The summed E-state index contributed by atoms with van der Waals surface area (Å²) in [6, 6.07) is 0. The van der Waals surface area contributed by atoms with Crippen LogP contribution in [0.2, 0.25) is 0 Å². The lowest BCUT2D eigenvalue weighted by molar-refractivity contribution is 0.0196. The molecule has 14 heavy (non-hydrogen) atoms. The second-order valence-corrected chi connectivity index (χ2v) is 3.73. The first-order chi connectivity index (χ1) is 6.72. The molecule has 0 radical (unpaired) electrons. The summed E-state index contributed by atoms with van der Waals surface area (Å²) in [6.45, 7) is 8.68. The lowest BCUT2D eigenvalue weighted by atomic mass is 10.2. The van der Waals surface area contributed by atoms with Crippen molar-refractivity contribution in [3.63, 3.8) is 0 Å². The van der Waals surface area contributed by atoms with E-state index in [1.807, 2.05) is 17.1 Å². The molecule has 0 unspecified atom stereocenters. The van der Waals surface area contributed by atoms with Crippen LogP contribution in [0, 0.1) is 5.92 Å². The minimum absolute atomic E-state index is 0.556. The summed E-state index contributed by atoms with van der Waals surface area (Å²) in [5.41, 5.74) is 4.07. The van der Waals surface area contributed by atoms with E-state index in [9.17, 15) is 0 Å². The molecule has 0 fully saturated rings. The molecule has 80 valence electrons. The third kappa shape index (κ3) is 3.89. The van der Waals surface area contributed by atoms with Crippen LogP contribution in [-0.4, -0.2) is 16.4 Å². The van der Waals surface area contributed by atoms with Gasteiger partial charge in [0, 0.05) is 24.8 Å². The van der Waals surface area contributed by atoms with E-state index in [-0.39, 0.29) is 0 Å². The van der Waals surface area contributed by atoms with E-state index >= 15 is 0 Å². The van der Waals surface area contributed by atoms with Crippen molar-refractivity contribution in [1.82, 2.24) is 15.3 Å². The predicted octanol–water partition coefficient (Wildman–Crippen LogP) is 1.58. The standard InChI is InChI=1S/C10H19N3O/c1-4-13-7-10(5-11-13)6-12-14-8-9(2)3/h5,7,9,12H,4,6,8H2,1-3H3. The zero-order valence-electron chi connectivity index (χ0n) is 9.16. The summed E-state index contributed by atoms with van der Waals surface area (Å²) in [4.78, 5) is 5.25. The van der Waals surface area contributed by atoms with Gasteiger partial charge in [-0.05, 0) is 12.8 Å². The Morgan fingerprint density at radius 3 is 2.93 bits per heavy atom. The van der Waals surface area contributed by atoms with Crippen molar-refractivity contribution in [3.8, 4) is 0 Å². The van der Waals surface area contributed by atoms with Gasteiger partial charge in [0.1, 0.15) is 0 Å². The van der Waals surface area contributed by atoms with Gasteiger partial charge in [0.05, 0.1) is 12.8 Å². The van der Waals surface area contributed by atoms with E-state index in [1.54, 1.807) is 0 Å². The van der Waals surface area contributed by atoms with Crippen molar-refractivity contribution in [2.24, 2.45) is 5.92 Å². The Morgan fingerprint density at radius 1 is 1.57 bits per heavy atom. The van der Waals surface area contributed by atoms with Crippen molar-refractivity contribution in [2.75, 3.05) is 6.61 Å². The fourth-order valence-corrected chi connectivity index (χ4v) is 1.03. The quantitative estimate of drug-likeness (QED) is 0.556. The smallest absolute Gasteiger partial charge is 0.0705 e. The Hall–Kier alpha value is -0.870. The van der Waals surface area contributed by atoms with Crippen LogP contribution >= 0.6 is 0 Å². The van der Waals surface area contributed by atoms with Crippen LogP contribution in [0.1, 0.15) is 26.3 Å². The fourth-order valence-electron chi connectivity index (χ4n) is 1.03. The summed E-state index contributed by atoms with van der Waals surface area (Å²) >= 11 is 0. The lowest BCUT2D eigenvalue weighted by Gasteiger charge is -2.06. The first kappa shape index (κ1) is 11.2. The second-order valence-electron chi connectivity index (χ2n) is 3.73. The van der Waals surface area contributed by atoms with Gasteiger partial charge >= 0.3 is 0 Å². The molecule has 1 N–H and O–H groups in total. The van der Waals surface area contributed by atoms with Gasteiger partial charge < -0.3 is 4.84 Å². The van der Waals surface area contributed by atoms with Crippen molar-refractivity contribution in [2.45, 2.75) is 33.9 Å². The third-order valence-corrected chi connectivity index (χ3v) is 1.81. The normalized spacial score (nSPS) is 11.1. The maximum atomic E-state index is 5.25. The minimum Gasteiger partial charge on any atom is -0.301 e. The van der Waals surface area contributed by atoms with Crippen LogP contribution in [-0.2, 0) is 17.9 Å². The molecular formula is C10H19N3O. The van der Waals surface area contributed by atoms with Gasteiger partial charge in [-0.15, -0.1) is 0 Å². The molecule has 4 nitrogen and oxygen atoms in total. The molecule has 0 aliphatic carbocycles. The van der Waals surface area contributed by atoms with Crippen LogP contribution in [0.25, 0.3) is 0 Å². The van der Waals surface area contributed by atoms with E-state index in [4.69, 9.17) is 4.84 Å². The highest BCUT2D eigenvalue weighted by Gasteiger charge is 1.97. The minimum atomic E-state index is 0.556. The Bertz CT molecular complexity index is 258. The first-order valence-corrected chi connectivity index (χ1v) is 5.08. The summed E-state index contributed by atoms with van der Waals surface area (Å²) in [5, 5.41) is 4.17. The van der Waals surface area contributed by atoms with Gasteiger partial charge in [-0.25, -0.2) is 0 Å². The summed E-state index contributed by atoms with van der Waals surface area (Å²) in [6.07, 6.45) is 3.88. The average Bonchev–Trinajstić information content (AvgIpc) is 2.60. The Morgan fingerprint density at radius 2 is 2.36 bits per heavy atom. The molecular weight excluding hydrogens is 178 g/mol. The molecule has 0 saturated heterocycles. The number of nitrogens with zero attached hydrogens (tertiary/aromatic N) is 2. The molecule has 0 aromatic carbocycles. The number of aromatic nitrogens is 2. The highest BCUT2D eigenvalue weighted by atomic mass is 16.6. The average molecular weight is 197 g/mol. The number of nitrogens with one attached hydrogen (secondary N) is 1. The molecule has 0 spiro atoms. The maximum absolute atomic E-state index is 5.25. The molecule has 1 aromatic heterocycles. The van der Waals surface area contributed by atoms with Gasteiger partial charge in [0.25, 0.3) is 0 Å². The van der Waals surface area contributed by atoms with E-state index in [1.165, 1.54) is 0 Å². The number of hydrogen-bond donors (Lipinski definition) is 1. The topological polar surface area (TPSA) is 39.1 Å². The van der Waals surface area contributed by atoms with Gasteiger partial charge in [-0.2, -0.15) is 10.6 Å². The molecule has 0 bridgehead atoms. The predicted molar refractivity (Wildman–Crippen MR) is 55.5 cm³/mol. The van der Waals surface area contributed by atoms with Crippen LogP contribution in [0.5, 0.6) is 0 Å². The SMILES string of the molecule is CCn1cc(CNOCC(C)C)cn1. The Kier molecular flexibility index (Phi) is 4.62. The van der Waals surface area contributed by atoms with Gasteiger partial charge in [-0.1, -0.05) is 13.8 Å².